The van der Waals surface area contributed by atoms with Gasteiger partial charge in [-0.3, -0.25) is 4.79 Å². The van der Waals surface area contributed by atoms with Crippen molar-refractivity contribution in [3.05, 3.63) is 34.3 Å². The number of benzene rings is 1. The van der Waals surface area contributed by atoms with Crippen LogP contribution in [-0.4, -0.2) is 19.0 Å². The fraction of sp³-hybridized carbons (Fsp3) is 0.417. The van der Waals surface area contributed by atoms with Crippen LogP contribution in [0.25, 0.3) is 0 Å². The van der Waals surface area contributed by atoms with Crippen molar-refractivity contribution in [2.24, 2.45) is 5.92 Å². The van der Waals surface area contributed by atoms with Gasteiger partial charge in [-0.2, -0.15) is 0 Å². The van der Waals surface area contributed by atoms with Crippen LogP contribution in [0.2, 0.25) is 0 Å². The van der Waals surface area contributed by atoms with Gasteiger partial charge in [0.15, 0.2) is 0 Å². The van der Waals surface area contributed by atoms with Crippen LogP contribution in [0, 0.1) is 5.92 Å². The summed E-state index contributed by atoms with van der Waals surface area (Å²) in [4.78, 5) is 11.7. The Morgan fingerprint density at radius 1 is 1.56 bits per heavy atom. The lowest BCUT2D eigenvalue weighted by Gasteiger charge is -2.27. The van der Waals surface area contributed by atoms with Gasteiger partial charge in [0.2, 0.25) is 5.91 Å². The van der Waals surface area contributed by atoms with Crippen molar-refractivity contribution in [1.29, 1.82) is 0 Å². The molecule has 0 spiro atoms. The first kappa shape index (κ1) is 11.6. The molecule has 0 saturated carbocycles. The second-order valence-corrected chi connectivity index (χ2v) is 5.06. The van der Waals surface area contributed by atoms with Crippen LogP contribution < -0.4 is 10.6 Å². The van der Waals surface area contributed by atoms with Crippen LogP contribution in [-0.2, 0) is 4.79 Å². The molecule has 2 N–H and O–H groups in total. The average molecular weight is 283 g/mol. The Labute approximate surface area is 104 Å². The number of nitrogens with one attached hydrogen (secondary N) is 2. The molecule has 1 aliphatic rings. The number of halogens is 1. The summed E-state index contributed by atoms with van der Waals surface area (Å²) in [7, 11) is 0. The Morgan fingerprint density at radius 3 is 2.88 bits per heavy atom. The van der Waals surface area contributed by atoms with Crippen LogP contribution >= 0.6 is 15.9 Å². The molecular formula is C12H15BrN2O. The molecule has 86 valence electrons. The number of carbonyl (C=O) groups is 1. The van der Waals surface area contributed by atoms with Crippen molar-refractivity contribution < 1.29 is 4.79 Å². The predicted octanol–water partition coefficient (Wildman–Crippen LogP) is 1.85. The van der Waals surface area contributed by atoms with Gasteiger partial charge in [-0.1, -0.05) is 28.1 Å². The Kier molecular flexibility index (Phi) is 3.61. The topological polar surface area (TPSA) is 41.1 Å². The van der Waals surface area contributed by atoms with Gasteiger partial charge >= 0.3 is 0 Å². The summed E-state index contributed by atoms with van der Waals surface area (Å²) in [5.74, 6) is 0.292. The van der Waals surface area contributed by atoms with Gasteiger partial charge in [0.05, 0.1) is 12.0 Å². The Morgan fingerprint density at radius 2 is 2.31 bits per heavy atom. The van der Waals surface area contributed by atoms with Crippen LogP contribution in [0.5, 0.6) is 0 Å². The van der Waals surface area contributed by atoms with E-state index in [-0.39, 0.29) is 17.9 Å². The molecule has 1 amide bonds. The summed E-state index contributed by atoms with van der Waals surface area (Å²) in [5, 5.41) is 6.12. The molecule has 0 aromatic heterocycles. The smallest absolute Gasteiger partial charge is 0.226 e. The SMILES string of the molecule is CC(NC(=O)C1CNC1)c1cccc(Br)c1. The van der Waals surface area contributed by atoms with Crippen LogP contribution in [0.1, 0.15) is 18.5 Å². The van der Waals surface area contributed by atoms with E-state index in [1.54, 1.807) is 0 Å². The highest BCUT2D eigenvalue weighted by molar-refractivity contribution is 9.10. The van der Waals surface area contributed by atoms with Gasteiger partial charge in [0, 0.05) is 17.6 Å². The number of hydrogen-bond donors (Lipinski definition) is 2. The molecule has 0 aliphatic carbocycles. The highest BCUT2D eigenvalue weighted by atomic mass is 79.9. The van der Waals surface area contributed by atoms with Crippen molar-refractivity contribution in [3.8, 4) is 0 Å². The van der Waals surface area contributed by atoms with Crippen LogP contribution in [0.3, 0.4) is 0 Å². The van der Waals surface area contributed by atoms with E-state index in [1.165, 1.54) is 0 Å². The molecule has 0 radical (unpaired) electrons. The molecule has 1 atom stereocenters. The zero-order valence-electron chi connectivity index (χ0n) is 9.16. The molecule has 1 saturated heterocycles. The number of carbonyl (C=O) groups excluding carboxylic acids is 1. The normalized spacial score (nSPS) is 17.6. The third kappa shape index (κ3) is 2.62. The minimum absolute atomic E-state index is 0.0607. The van der Waals surface area contributed by atoms with E-state index in [1.807, 2.05) is 31.2 Å². The van der Waals surface area contributed by atoms with Crippen molar-refractivity contribution >= 4 is 21.8 Å². The average Bonchev–Trinajstić information content (AvgIpc) is 2.14. The van der Waals surface area contributed by atoms with E-state index < -0.39 is 0 Å². The minimum Gasteiger partial charge on any atom is -0.349 e. The van der Waals surface area contributed by atoms with Crippen LogP contribution in [0.15, 0.2) is 28.7 Å². The maximum Gasteiger partial charge on any atom is 0.226 e. The zero-order valence-corrected chi connectivity index (χ0v) is 10.8. The second kappa shape index (κ2) is 4.97. The van der Waals surface area contributed by atoms with Gasteiger partial charge in [0.25, 0.3) is 0 Å². The Hall–Kier alpha value is -0.870. The fourth-order valence-corrected chi connectivity index (χ4v) is 2.08. The van der Waals surface area contributed by atoms with E-state index in [0.29, 0.717) is 0 Å². The van der Waals surface area contributed by atoms with Crippen molar-refractivity contribution in [2.45, 2.75) is 13.0 Å². The van der Waals surface area contributed by atoms with Gasteiger partial charge < -0.3 is 10.6 Å². The largest absolute Gasteiger partial charge is 0.349 e. The highest BCUT2D eigenvalue weighted by Crippen LogP contribution is 2.18. The van der Waals surface area contributed by atoms with E-state index in [4.69, 9.17) is 0 Å². The molecule has 1 heterocycles. The lowest BCUT2D eigenvalue weighted by molar-refractivity contribution is -0.127. The standard InChI is InChI=1S/C12H15BrN2O/c1-8(9-3-2-4-11(13)5-9)15-12(16)10-6-14-7-10/h2-5,8,10,14H,6-7H2,1H3,(H,15,16). The molecule has 1 aromatic rings. The third-order valence-electron chi connectivity index (χ3n) is 2.86. The molecule has 1 fully saturated rings. The van der Waals surface area contributed by atoms with Crippen LogP contribution in [0.4, 0.5) is 0 Å². The molecule has 1 unspecified atom stereocenters. The first-order valence-electron chi connectivity index (χ1n) is 5.43. The fourth-order valence-electron chi connectivity index (χ4n) is 1.66. The van der Waals surface area contributed by atoms with Gasteiger partial charge in [-0.05, 0) is 24.6 Å². The molecule has 0 bridgehead atoms. The zero-order chi connectivity index (χ0) is 11.5. The molecule has 1 aromatic carbocycles. The first-order chi connectivity index (χ1) is 7.66. The van der Waals surface area contributed by atoms with E-state index in [2.05, 4.69) is 26.6 Å². The summed E-state index contributed by atoms with van der Waals surface area (Å²) < 4.78 is 1.04. The lowest BCUT2D eigenvalue weighted by Crippen LogP contribution is -2.51. The third-order valence-corrected chi connectivity index (χ3v) is 3.35. The highest BCUT2D eigenvalue weighted by Gasteiger charge is 2.25. The van der Waals surface area contributed by atoms with Crippen molar-refractivity contribution in [3.63, 3.8) is 0 Å². The summed E-state index contributed by atoms with van der Waals surface area (Å²) in [5.41, 5.74) is 1.12. The summed E-state index contributed by atoms with van der Waals surface area (Å²) in [6.45, 7) is 3.61. The lowest BCUT2D eigenvalue weighted by atomic mass is 10.0. The summed E-state index contributed by atoms with van der Waals surface area (Å²) in [6, 6.07) is 8.07. The van der Waals surface area contributed by atoms with Gasteiger partial charge in [0.1, 0.15) is 0 Å². The molecule has 3 nitrogen and oxygen atoms in total. The van der Waals surface area contributed by atoms with Gasteiger partial charge in [-0.15, -0.1) is 0 Å². The molecular weight excluding hydrogens is 268 g/mol. The minimum atomic E-state index is 0.0607. The molecule has 16 heavy (non-hydrogen) atoms. The van der Waals surface area contributed by atoms with Crippen molar-refractivity contribution in [1.82, 2.24) is 10.6 Å². The quantitative estimate of drug-likeness (QED) is 0.889. The maximum atomic E-state index is 11.7. The maximum absolute atomic E-state index is 11.7. The van der Waals surface area contributed by atoms with Crippen molar-refractivity contribution in [2.75, 3.05) is 13.1 Å². The van der Waals surface area contributed by atoms with Gasteiger partial charge in [-0.25, -0.2) is 0 Å². The number of hydrogen-bond acceptors (Lipinski definition) is 2. The summed E-state index contributed by atoms with van der Waals surface area (Å²) >= 11 is 3.43. The predicted molar refractivity (Wildman–Crippen MR) is 67.1 cm³/mol. The molecule has 1 aliphatic heterocycles. The molecule has 2 rings (SSSR count). The van der Waals surface area contributed by atoms with E-state index >= 15 is 0 Å². The van der Waals surface area contributed by atoms with E-state index in [0.717, 1.165) is 23.1 Å². The molecule has 4 heteroatoms. The number of amides is 1. The second-order valence-electron chi connectivity index (χ2n) is 4.14. The first-order valence-corrected chi connectivity index (χ1v) is 6.22. The number of rotatable bonds is 3. The Bertz CT molecular complexity index is 390. The summed E-state index contributed by atoms with van der Waals surface area (Å²) in [6.07, 6.45) is 0. The van der Waals surface area contributed by atoms with E-state index in [9.17, 15) is 4.79 Å². The monoisotopic (exact) mass is 282 g/mol. The Balaban J connectivity index is 1.96.